The van der Waals surface area contributed by atoms with E-state index in [1.807, 2.05) is 26.0 Å². The predicted octanol–water partition coefficient (Wildman–Crippen LogP) is 2.41. The van der Waals surface area contributed by atoms with Crippen molar-refractivity contribution < 1.29 is 24.6 Å². The lowest BCUT2D eigenvalue weighted by Crippen LogP contribution is -2.87. The molecule has 1 atom stereocenters. The highest BCUT2D eigenvalue weighted by Gasteiger charge is 2.28. The smallest absolute Gasteiger partial charge is 0.161 e. The maximum absolute atomic E-state index is 9.87. The monoisotopic (exact) mass is 344 g/mol. The summed E-state index contributed by atoms with van der Waals surface area (Å²) in [5.41, 5.74) is 3.61. The molecule has 0 unspecified atom stereocenters. The molecular formula is C20H26NO4+. The number of ether oxygens (including phenoxy) is 3. The fraction of sp³-hybridized carbons (Fsp3) is 0.400. The number of quaternary nitrogens is 1. The third-order valence-corrected chi connectivity index (χ3v) is 4.52. The third-order valence-electron chi connectivity index (χ3n) is 4.52. The van der Waals surface area contributed by atoms with Gasteiger partial charge in [-0.1, -0.05) is 0 Å². The number of aromatic hydroxyl groups is 1. The Bertz CT molecular complexity index is 745. The molecule has 0 aromatic heterocycles. The van der Waals surface area contributed by atoms with Crippen LogP contribution in [0.25, 0.3) is 0 Å². The first-order chi connectivity index (χ1) is 12.2. The van der Waals surface area contributed by atoms with Gasteiger partial charge in [0.15, 0.2) is 23.0 Å². The number of methoxy groups -OCH3 is 1. The number of hydrogen-bond acceptors (Lipinski definition) is 4. The molecule has 0 aliphatic carbocycles. The van der Waals surface area contributed by atoms with Gasteiger partial charge in [-0.15, -0.1) is 0 Å². The molecule has 25 heavy (non-hydrogen) atoms. The van der Waals surface area contributed by atoms with E-state index in [0.717, 1.165) is 30.0 Å². The molecule has 0 bridgehead atoms. The Morgan fingerprint density at radius 3 is 2.44 bits per heavy atom. The molecule has 5 heteroatoms. The predicted molar refractivity (Wildman–Crippen MR) is 95.8 cm³/mol. The quantitative estimate of drug-likeness (QED) is 0.845. The first kappa shape index (κ1) is 17.4. The minimum atomic E-state index is 0.146. The fourth-order valence-corrected chi connectivity index (χ4v) is 3.40. The molecule has 0 radical (unpaired) electrons. The average Bonchev–Trinajstić information content (AvgIpc) is 2.63. The van der Waals surface area contributed by atoms with Crippen LogP contribution in [0.5, 0.6) is 23.0 Å². The van der Waals surface area contributed by atoms with Gasteiger partial charge in [0.1, 0.15) is 6.04 Å². The van der Waals surface area contributed by atoms with E-state index in [2.05, 4.69) is 17.4 Å². The zero-order valence-electron chi connectivity index (χ0n) is 15.0. The lowest BCUT2D eigenvalue weighted by Gasteiger charge is -2.26. The average molecular weight is 344 g/mol. The molecule has 3 rings (SSSR count). The molecule has 0 fully saturated rings. The van der Waals surface area contributed by atoms with Crippen molar-refractivity contribution in [2.75, 3.05) is 26.9 Å². The molecule has 5 nitrogen and oxygen atoms in total. The van der Waals surface area contributed by atoms with Gasteiger partial charge in [0.2, 0.25) is 0 Å². The molecular weight excluding hydrogens is 318 g/mol. The van der Waals surface area contributed by atoms with Crippen LogP contribution in [0.15, 0.2) is 30.3 Å². The Hall–Kier alpha value is -2.40. The largest absolute Gasteiger partial charge is 0.504 e. The maximum atomic E-state index is 9.87. The summed E-state index contributed by atoms with van der Waals surface area (Å²) in [6, 6.07) is 9.90. The maximum Gasteiger partial charge on any atom is 0.161 e. The molecule has 1 aliphatic rings. The second-order valence-corrected chi connectivity index (χ2v) is 6.05. The number of hydrogen-bond donors (Lipinski definition) is 2. The molecule has 2 aromatic rings. The van der Waals surface area contributed by atoms with Crippen LogP contribution >= 0.6 is 0 Å². The Morgan fingerprint density at radius 1 is 1.04 bits per heavy atom. The summed E-state index contributed by atoms with van der Waals surface area (Å²) in [4.78, 5) is 0. The van der Waals surface area contributed by atoms with Crippen LogP contribution in [0.2, 0.25) is 0 Å². The summed E-state index contributed by atoms with van der Waals surface area (Å²) >= 11 is 0. The van der Waals surface area contributed by atoms with Crippen LogP contribution in [-0.4, -0.2) is 32.0 Å². The summed E-state index contributed by atoms with van der Waals surface area (Å²) in [6.07, 6.45) is 0.994. The van der Waals surface area contributed by atoms with Crippen molar-refractivity contribution in [1.29, 1.82) is 0 Å². The Kier molecular flexibility index (Phi) is 5.34. The first-order valence-electron chi connectivity index (χ1n) is 8.80. The fourth-order valence-electron chi connectivity index (χ4n) is 3.40. The van der Waals surface area contributed by atoms with Gasteiger partial charge in [0, 0.05) is 17.5 Å². The number of benzene rings is 2. The van der Waals surface area contributed by atoms with Crippen LogP contribution in [-0.2, 0) is 6.42 Å². The summed E-state index contributed by atoms with van der Waals surface area (Å²) in [5.74, 6) is 2.25. The van der Waals surface area contributed by atoms with E-state index in [-0.39, 0.29) is 11.8 Å². The van der Waals surface area contributed by atoms with Crippen molar-refractivity contribution in [3.63, 3.8) is 0 Å². The molecule has 1 aliphatic heterocycles. The van der Waals surface area contributed by atoms with Gasteiger partial charge in [-0.05, 0) is 49.7 Å². The van der Waals surface area contributed by atoms with Crippen LogP contribution in [0.3, 0.4) is 0 Å². The first-order valence-corrected chi connectivity index (χ1v) is 8.80. The van der Waals surface area contributed by atoms with Gasteiger partial charge in [-0.25, -0.2) is 0 Å². The van der Waals surface area contributed by atoms with Crippen molar-refractivity contribution in [2.24, 2.45) is 0 Å². The van der Waals surface area contributed by atoms with Crippen molar-refractivity contribution in [1.82, 2.24) is 0 Å². The highest BCUT2D eigenvalue weighted by molar-refractivity contribution is 5.52. The van der Waals surface area contributed by atoms with E-state index in [0.29, 0.717) is 19.0 Å². The van der Waals surface area contributed by atoms with Crippen molar-refractivity contribution in [2.45, 2.75) is 26.3 Å². The zero-order chi connectivity index (χ0) is 17.8. The van der Waals surface area contributed by atoms with Crippen molar-refractivity contribution in [3.05, 3.63) is 47.0 Å². The van der Waals surface area contributed by atoms with Crippen molar-refractivity contribution in [3.8, 4) is 23.0 Å². The van der Waals surface area contributed by atoms with E-state index in [1.165, 1.54) is 11.1 Å². The Morgan fingerprint density at radius 2 is 1.76 bits per heavy atom. The molecule has 0 spiro atoms. The summed E-state index contributed by atoms with van der Waals surface area (Å²) in [7, 11) is 1.57. The van der Waals surface area contributed by atoms with Gasteiger partial charge in [0.05, 0.1) is 26.9 Å². The molecule has 3 N–H and O–H groups in total. The van der Waals surface area contributed by atoms with Crippen LogP contribution in [0.4, 0.5) is 0 Å². The number of fused-ring (bicyclic) bond motifs is 1. The summed E-state index contributed by atoms with van der Waals surface area (Å²) < 4.78 is 16.8. The van der Waals surface area contributed by atoms with Crippen molar-refractivity contribution >= 4 is 0 Å². The van der Waals surface area contributed by atoms with E-state index in [1.54, 1.807) is 13.2 Å². The zero-order valence-corrected chi connectivity index (χ0v) is 15.0. The minimum Gasteiger partial charge on any atom is -0.504 e. The lowest BCUT2D eigenvalue weighted by atomic mass is 9.89. The highest BCUT2D eigenvalue weighted by atomic mass is 16.5. The standard InChI is InChI=1S/C20H25NO4/c1-4-24-18-10-13-8-9-21-20(15(13)12-19(18)25-5-2)14-6-7-16(22)17(11-14)23-3/h6-7,10-12,20-22H,4-5,8-9H2,1-3H3/p+1/t20-/m1/s1. The summed E-state index contributed by atoms with van der Waals surface area (Å²) in [5, 5.41) is 12.2. The molecule has 2 aromatic carbocycles. The molecule has 0 saturated heterocycles. The van der Waals surface area contributed by atoms with Gasteiger partial charge in [0.25, 0.3) is 0 Å². The summed E-state index contributed by atoms with van der Waals surface area (Å²) in [6.45, 7) is 6.17. The minimum absolute atomic E-state index is 0.146. The topological polar surface area (TPSA) is 64.5 Å². The molecule has 134 valence electrons. The van der Waals surface area contributed by atoms with Gasteiger partial charge in [-0.2, -0.15) is 0 Å². The van der Waals surface area contributed by atoms with E-state index < -0.39 is 0 Å². The Balaban J connectivity index is 2.04. The van der Waals surface area contributed by atoms with E-state index in [9.17, 15) is 5.11 Å². The highest BCUT2D eigenvalue weighted by Crippen LogP contribution is 2.37. The molecule has 0 amide bonds. The third kappa shape index (κ3) is 3.51. The van der Waals surface area contributed by atoms with Crippen LogP contribution < -0.4 is 19.5 Å². The van der Waals surface area contributed by atoms with Crippen LogP contribution in [0, 0.1) is 0 Å². The Labute approximate surface area is 148 Å². The molecule has 0 saturated carbocycles. The molecule has 1 heterocycles. The van der Waals surface area contributed by atoms with Gasteiger partial charge in [-0.3, -0.25) is 0 Å². The van der Waals surface area contributed by atoms with Crippen LogP contribution in [0.1, 0.15) is 36.6 Å². The normalized spacial score (nSPS) is 16.2. The lowest BCUT2D eigenvalue weighted by molar-refractivity contribution is -0.690. The van der Waals surface area contributed by atoms with E-state index in [4.69, 9.17) is 14.2 Å². The number of phenols is 1. The number of phenolic OH excluding ortho intramolecular Hbond substituents is 1. The second kappa shape index (κ2) is 7.66. The number of rotatable bonds is 6. The second-order valence-electron chi connectivity index (χ2n) is 6.05. The van der Waals surface area contributed by atoms with Gasteiger partial charge < -0.3 is 24.6 Å². The van der Waals surface area contributed by atoms with E-state index >= 15 is 0 Å². The number of nitrogens with two attached hydrogens (primary N) is 1. The SMILES string of the molecule is CCOc1cc2c(cc1OCC)[C@@H](c1ccc(O)c(OC)c1)[NH2+]CC2. The van der Waals surface area contributed by atoms with Gasteiger partial charge >= 0.3 is 0 Å².